The van der Waals surface area contributed by atoms with Gasteiger partial charge in [0.2, 0.25) is 17.7 Å². The van der Waals surface area contributed by atoms with Crippen LogP contribution >= 0.6 is 0 Å². The summed E-state index contributed by atoms with van der Waals surface area (Å²) in [6.07, 6.45) is 2.28. The van der Waals surface area contributed by atoms with E-state index >= 15 is 0 Å². The van der Waals surface area contributed by atoms with Crippen molar-refractivity contribution in [3.63, 3.8) is 0 Å². The van der Waals surface area contributed by atoms with E-state index < -0.39 is 46.1 Å². The first-order chi connectivity index (χ1) is 18.4. The van der Waals surface area contributed by atoms with Gasteiger partial charge in [0.15, 0.2) is 0 Å². The van der Waals surface area contributed by atoms with Crippen LogP contribution in [0.15, 0.2) is 79.0 Å². The lowest BCUT2D eigenvalue weighted by Crippen LogP contribution is -2.53. The van der Waals surface area contributed by atoms with Gasteiger partial charge in [0.25, 0.3) is 5.69 Å². The molecular formula is C28H21N5O5. The molecule has 7 rings (SSSR count). The van der Waals surface area contributed by atoms with E-state index in [1.54, 1.807) is 24.3 Å². The first-order valence-electron chi connectivity index (χ1n) is 12.3. The SMILES string of the molecule is O=C1[C@@H]2C(Cc3c[nH]c4ccccc34)NC3(C(=O)Nc4ccccc43)[C@@H]2C(=O)N1c1cccc([N+](=O)[O-])c1. The fourth-order valence-electron chi connectivity index (χ4n) is 6.47. The Morgan fingerprint density at radius 2 is 1.74 bits per heavy atom. The monoisotopic (exact) mass is 507 g/mol. The molecule has 4 aromatic rings. The summed E-state index contributed by atoms with van der Waals surface area (Å²) in [5.74, 6) is -3.30. The van der Waals surface area contributed by atoms with E-state index in [9.17, 15) is 24.5 Å². The smallest absolute Gasteiger partial charge is 0.271 e. The normalized spacial score (nSPS) is 25.7. The lowest BCUT2D eigenvalue weighted by atomic mass is 9.76. The molecule has 2 fully saturated rings. The molecule has 3 aromatic carbocycles. The van der Waals surface area contributed by atoms with E-state index in [2.05, 4.69) is 15.6 Å². The molecule has 1 aromatic heterocycles. The Labute approximate surface area is 215 Å². The average Bonchev–Trinajstić information content (AvgIpc) is 3.63. The highest BCUT2D eigenvalue weighted by atomic mass is 16.6. The van der Waals surface area contributed by atoms with Crippen molar-refractivity contribution in [2.75, 3.05) is 10.2 Å². The molecule has 2 saturated heterocycles. The van der Waals surface area contributed by atoms with Gasteiger partial charge in [-0.2, -0.15) is 0 Å². The van der Waals surface area contributed by atoms with Crippen molar-refractivity contribution in [3.8, 4) is 0 Å². The zero-order chi connectivity index (χ0) is 26.2. The highest BCUT2D eigenvalue weighted by Gasteiger charge is 2.70. The van der Waals surface area contributed by atoms with Gasteiger partial charge in [0.05, 0.1) is 22.4 Å². The number of aromatic amines is 1. The van der Waals surface area contributed by atoms with Crippen LogP contribution in [0.3, 0.4) is 0 Å². The number of nitrogens with one attached hydrogen (secondary N) is 3. The van der Waals surface area contributed by atoms with Gasteiger partial charge in [0.1, 0.15) is 5.54 Å². The van der Waals surface area contributed by atoms with Crippen molar-refractivity contribution in [1.29, 1.82) is 0 Å². The molecule has 1 spiro atoms. The van der Waals surface area contributed by atoms with Crippen molar-refractivity contribution >= 4 is 45.7 Å². The molecular weight excluding hydrogens is 486 g/mol. The molecule has 3 aliphatic heterocycles. The molecule has 0 bridgehead atoms. The number of carbonyl (C=O) groups excluding carboxylic acids is 3. The van der Waals surface area contributed by atoms with Crippen molar-refractivity contribution in [2.24, 2.45) is 11.8 Å². The number of non-ortho nitro benzene ring substituents is 1. The third kappa shape index (κ3) is 2.88. The van der Waals surface area contributed by atoms with E-state index in [0.717, 1.165) is 21.4 Å². The molecule has 188 valence electrons. The Morgan fingerprint density at radius 1 is 0.947 bits per heavy atom. The Bertz CT molecular complexity index is 1700. The number of nitrogens with zero attached hydrogens (tertiary/aromatic N) is 2. The maximum atomic E-state index is 14.1. The van der Waals surface area contributed by atoms with Crippen LogP contribution in [0.25, 0.3) is 10.9 Å². The molecule has 10 heteroatoms. The largest absolute Gasteiger partial charge is 0.361 e. The molecule has 38 heavy (non-hydrogen) atoms. The number of nitro groups is 1. The first kappa shape index (κ1) is 22.4. The third-order valence-electron chi connectivity index (χ3n) is 8.04. The quantitative estimate of drug-likeness (QED) is 0.220. The predicted octanol–water partition coefficient (Wildman–Crippen LogP) is 3.24. The van der Waals surface area contributed by atoms with E-state index in [4.69, 9.17) is 0 Å². The summed E-state index contributed by atoms with van der Waals surface area (Å²) in [4.78, 5) is 56.8. The van der Waals surface area contributed by atoms with Crippen LogP contribution in [0, 0.1) is 22.0 Å². The van der Waals surface area contributed by atoms with Gasteiger partial charge in [0, 0.05) is 46.5 Å². The summed E-state index contributed by atoms with van der Waals surface area (Å²) in [7, 11) is 0. The topological polar surface area (TPSA) is 137 Å². The molecule has 10 nitrogen and oxygen atoms in total. The number of benzene rings is 3. The number of hydrogen-bond donors (Lipinski definition) is 3. The molecule has 2 unspecified atom stereocenters. The summed E-state index contributed by atoms with van der Waals surface area (Å²) in [6, 6.07) is 19.9. The van der Waals surface area contributed by atoms with Crippen LogP contribution in [0.1, 0.15) is 11.1 Å². The Morgan fingerprint density at radius 3 is 2.58 bits per heavy atom. The third-order valence-corrected chi connectivity index (χ3v) is 8.04. The second-order valence-electron chi connectivity index (χ2n) is 9.91. The highest BCUT2D eigenvalue weighted by Crippen LogP contribution is 2.54. The number of aromatic nitrogens is 1. The van der Waals surface area contributed by atoms with Crippen molar-refractivity contribution in [2.45, 2.75) is 18.0 Å². The fourth-order valence-corrected chi connectivity index (χ4v) is 6.47. The lowest BCUT2D eigenvalue weighted by molar-refractivity contribution is -0.384. The maximum Gasteiger partial charge on any atom is 0.271 e. The van der Waals surface area contributed by atoms with E-state index in [0.29, 0.717) is 17.7 Å². The summed E-state index contributed by atoms with van der Waals surface area (Å²) in [5, 5.41) is 18.7. The number of H-pyrrole nitrogens is 1. The maximum absolute atomic E-state index is 14.1. The fraction of sp³-hybridized carbons (Fsp3) is 0.179. The van der Waals surface area contributed by atoms with Crippen molar-refractivity contribution < 1.29 is 19.3 Å². The van der Waals surface area contributed by atoms with Crippen molar-refractivity contribution in [3.05, 3.63) is 100 Å². The number of para-hydroxylation sites is 2. The minimum Gasteiger partial charge on any atom is -0.361 e. The molecule has 0 radical (unpaired) electrons. The summed E-state index contributed by atoms with van der Waals surface area (Å²) in [6.45, 7) is 0. The van der Waals surface area contributed by atoms with Crippen LogP contribution in [0.2, 0.25) is 0 Å². The standard InChI is InChI=1S/C28H21N5O5/c34-25-23-22(12-15-14-29-20-10-3-1-8-18(15)20)31-28(19-9-2-4-11-21(19)30-27(28)36)24(23)26(35)32(25)16-6-5-7-17(13-16)33(37)38/h1-11,13-14,22-24,29,31H,12H2,(H,30,36)/t22?,23-,24+,28?/m1/s1. The minimum absolute atomic E-state index is 0.122. The molecule has 4 atom stereocenters. The second kappa shape index (κ2) is 7.83. The van der Waals surface area contributed by atoms with Gasteiger partial charge >= 0.3 is 0 Å². The first-order valence-corrected chi connectivity index (χ1v) is 12.3. The molecule has 3 aliphatic rings. The van der Waals surface area contributed by atoms with Gasteiger partial charge in [-0.1, -0.05) is 42.5 Å². The summed E-state index contributed by atoms with van der Waals surface area (Å²) < 4.78 is 0. The van der Waals surface area contributed by atoms with Gasteiger partial charge in [-0.3, -0.25) is 29.8 Å². The Balaban J connectivity index is 1.37. The summed E-state index contributed by atoms with van der Waals surface area (Å²) >= 11 is 0. The number of amides is 3. The van der Waals surface area contributed by atoms with Crippen LogP contribution in [-0.2, 0) is 26.3 Å². The van der Waals surface area contributed by atoms with Gasteiger partial charge in [-0.25, -0.2) is 4.90 Å². The van der Waals surface area contributed by atoms with Crippen LogP contribution < -0.4 is 15.5 Å². The Hall–Kier alpha value is -4.83. The van der Waals surface area contributed by atoms with Crippen LogP contribution in [0.4, 0.5) is 17.1 Å². The van der Waals surface area contributed by atoms with Gasteiger partial charge in [-0.15, -0.1) is 0 Å². The molecule has 0 aliphatic carbocycles. The number of anilines is 2. The highest BCUT2D eigenvalue weighted by molar-refractivity contribution is 6.26. The number of hydrogen-bond acceptors (Lipinski definition) is 6. The predicted molar refractivity (Wildman–Crippen MR) is 138 cm³/mol. The Kier molecular flexibility index (Phi) is 4.61. The van der Waals surface area contributed by atoms with E-state index in [-0.39, 0.29) is 11.4 Å². The zero-order valence-electron chi connectivity index (χ0n) is 19.9. The molecule has 3 amide bonds. The number of rotatable bonds is 4. The molecule has 4 heterocycles. The number of nitro benzene ring substituents is 1. The van der Waals surface area contributed by atoms with Crippen LogP contribution in [0.5, 0.6) is 0 Å². The zero-order valence-corrected chi connectivity index (χ0v) is 19.9. The van der Waals surface area contributed by atoms with Crippen LogP contribution in [-0.4, -0.2) is 33.7 Å². The van der Waals surface area contributed by atoms with Gasteiger partial charge < -0.3 is 10.3 Å². The van der Waals surface area contributed by atoms with Gasteiger partial charge in [-0.05, 0) is 30.2 Å². The number of fused-ring (bicyclic) bond motifs is 5. The minimum atomic E-state index is -1.44. The number of carbonyl (C=O) groups is 3. The summed E-state index contributed by atoms with van der Waals surface area (Å²) in [5.41, 5.74) is 1.55. The average molecular weight is 508 g/mol. The molecule has 3 N–H and O–H groups in total. The second-order valence-corrected chi connectivity index (χ2v) is 9.91. The van der Waals surface area contributed by atoms with E-state index in [1.807, 2.05) is 30.5 Å². The van der Waals surface area contributed by atoms with E-state index in [1.165, 1.54) is 24.3 Å². The van der Waals surface area contributed by atoms with Crippen molar-refractivity contribution in [1.82, 2.24) is 10.3 Å². The lowest BCUT2D eigenvalue weighted by Gasteiger charge is -2.29. The number of imide groups is 1. The molecule has 0 saturated carbocycles.